The quantitative estimate of drug-likeness (QED) is 0.463. The molecule has 2 unspecified atom stereocenters. The van der Waals surface area contributed by atoms with Crippen LogP contribution in [0.25, 0.3) is 0 Å². The number of carboxylic acids is 1. The van der Waals surface area contributed by atoms with Gasteiger partial charge in [-0.3, -0.25) is 15.4 Å². The summed E-state index contributed by atoms with van der Waals surface area (Å²) in [5, 5.41) is 14.3. The van der Waals surface area contributed by atoms with E-state index in [-0.39, 0.29) is 6.23 Å². The number of hydrogen-bond acceptors (Lipinski definition) is 4. The molecule has 0 aromatic carbocycles. The number of aliphatic carboxylic acids is 1. The largest absolute Gasteiger partial charge is 0.480 e. The first kappa shape index (κ1) is 8.45. The molecule has 0 radical (unpaired) electrons. The maximum atomic E-state index is 10.4. The van der Waals surface area contributed by atoms with Crippen LogP contribution in [0.3, 0.4) is 0 Å². The van der Waals surface area contributed by atoms with Gasteiger partial charge in [0.1, 0.15) is 12.3 Å². The monoisotopic (exact) mass is 160 g/mol. The van der Waals surface area contributed by atoms with Gasteiger partial charge in [-0.25, -0.2) is 0 Å². The van der Waals surface area contributed by atoms with Crippen LogP contribution >= 0.6 is 0 Å². The Balaban J connectivity index is 2.30. The Bertz CT molecular complexity index is 143. The molecule has 1 saturated heterocycles. The zero-order valence-corrected chi connectivity index (χ0v) is 6.33. The maximum Gasteiger partial charge on any atom is 0.322 e. The van der Waals surface area contributed by atoms with Gasteiger partial charge in [-0.05, 0) is 0 Å². The predicted octanol–water partition coefficient (Wildman–Crippen LogP) is -1.40. The Morgan fingerprint density at radius 2 is 2.27 bits per heavy atom. The molecule has 0 aliphatic carbocycles. The van der Waals surface area contributed by atoms with Gasteiger partial charge < -0.3 is 9.84 Å². The van der Waals surface area contributed by atoms with Gasteiger partial charge in [0.2, 0.25) is 0 Å². The van der Waals surface area contributed by atoms with Crippen molar-refractivity contribution in [3.05, 3.63) is 0 Å². The van der Waals surface area contributed by atoms with Crippen molar-refractivity contribution in [2.24, 2.45) is 0 Å². The highest BCUT2D eigenvalue weighted by molar-refractivity contribution is 5.73. The van der Waals surface area contributed by atoms with Gasteiger partial charge in [0.15, 0.2) is 0 Å². The minimum absolute atomic E-state index is 0.0643. The van der Waals surface area contributed by atoms with Crippen LogP contribution in [-0.4, -0.2) is 43.5 Å². The van der Waals surface area contributed by atoms with Crippen LogP contribution in [0.15, 0.2) is 0 Å². The van der Waals surface area contributed by atoms with E-state index in [4.69, 9.17) is 9.84 Å². The Hall–Kier alpha value is -0.650. The van der Waals surface area contributed by atoms with E-state index in [1.807, 2.05) is 0 Å². The van der Waals surface area contributed by atoms with Crippen LogP contribution < -0.4 is 10.6 Å². The number of methoxy groups -OCH3 is 1. The van der Waals surface area contributed by atoms with Crippen molar-refractivity contribution in [2.45, 2.75) is 12.3 Å². The molecule has 1 aliphatic rings. The fraction of sp³-hybridized carbons (Fsp3) is 0.833. The molecule has 0 aromatic rings. The van der Waals surface area contributed by atoms with E-state index in [0.29, 0.717) is 13.1 Å². The van der Waals surface area contributed by atoms with Crippen molar-refractivity contribution in [3.8, 4) is 0 Å². The average Bonchev–Trinajstić information content (AvgIpc) is 2.05. The zero-order chi connectivity index (χ0) is 8.27. The smallest absolute Gasteiger partial charge is 0.322 e. The summed E-state index contributed by atoms with van der Waals surface area (Å²) in [4.78, 5) is 10.4. The van der Waals surface area contributed by atoms with Gasteiger partial charge in [0.05, 0.1) is 0 Å². The molecule has 0 spiro atoms. The van der Waals surface area contributed by atoms with E-state index < -0.39 is 12.0 Å². The second-order valence-electron chi connectivity index (χ2n) is 2.43. The minimum atomic E-state index is -0.827. The van der Waals surface area contributed by atoms with Crippen LogP contribution in [0.5, 0.6) is 0 Å². The molecule has 0 saturated carbocycles. The van der Waals surface area contributed by atoms with Crippen LogP contribution in [-0.2, 0) is 9.53 Å². The zero-order valence-electron chi connectivity index (χ0n) is 6.33. The first-order chi connectivity index (χ1) is 5.24. The first-order valence-electron chi connectivity index (χ1n) is 3.46. The first-order valence-corrected chi connectivity index (χ1v) is 3.46. The van der Waals surface area contributed by atoms with E-state index in [9.17, 15) is 4.79 Å². The maximum absolute atomic E-state index is 10.4. The number of nitrogens with one attached hydrogen (secondary N) is 2. The van der Waals surface area contributed by atoms with Gasteiger partial charge in [-0.2, -0.15) is 0 Å². The van der Waals surface area contributed by atoms with Gasteiger partial charge in [0.25, 0.3) is 0 Å². The fourth-order valence-corrected chi connectivity index (χ4v) is 0.984. The topological polar surface area (TPSA) is 70.6 Å². The number of carbonyl (C=O) groups is 1. The lowest BCUT2D eigenvalue weighted by Gasteiger charge is -2.27. The second-order valence-corrected chi connectivity index (χ2v) is 2.43. The van der Waals surface area contributed by atoms with Crippen molar-refractivity contribution in [3.63, 3.8) is 0 Å². The summed E-state index contributed by atoms with van der Waals surface area (Å²) < 4.78 is 4.95. The molecule has 0 aromatic heterocycles. The number of carboxylic acid groups (broad SMARTS) is 1. The summed E-state index contributed by atoms with van der Waals surface area (Å²) in [6.45, 7) is 0.946. The minimum Gasteiger partial charge on any atom is -0.480 e. The summed E-state index contributed by atoms with van der Waals surface area (Å²) in [5.74, 6) is -0.827. The molecule has 1 aliphatic heterocycles. The number of hydrogen-bond donors (Lipinski definition) is 3. The van der Waals surface area contributed by atoms with E-state index in [1.165, 1.54) is 0 Å². The highest BCUT2D eigenvalue weighted by Crippen LogP contribution is 1.93. The van der Waals surface area contributed by atoms with E-state index in [0.717, 1.165) is 0 Å². The second kappa shape index (κ2) is 3.66. The van der Waals surface area contributed by atoms with Crippen molar-refractivity contribution < 1.29 is 14.6 Å². The lowest BCUT2D eigenvalue weighted by atomic mass is 10.2. The summed E-state index contributed by atoms with van der Waals surface area (Å²) in [5.41, 5.74) is 0. The van der Waals surface area contributed by atoms with E-state index in [1.54, 1.807) is 7.11 Å². The molecule has 2 atom stereocenters. The van der Waals surface area contributed by atoms with Gasteiger partial charge in [0, 0.05) is 20.2 Å². The molecule has 1 rings (SSSR count). The van der Waals surface area contributed by atoms with Gasteiger partial charge in [-0.15, -0.1) is 0 Å². The van der Waals surface area contributed by atoms with Gasteiger partial charge >= 0.3 is 5.97 Å². The average molecular weight is 160 g/mol. The number of rotatable bonds is 2. The number of ether oxygens (including phenoxy) is 1. The number of piperazine rings is 1. The standard InChI is InChI=1S/C6H12N2O3/c1-11-5-3-7-4(2-8-5)6(9)10/h4-5,7-8H,2-3H2,1H3,(H,9,10). The van der Waals surface area contributed by atoms with E-state index >= 15 is 0 Å². The van der Waals surface area contributed by atoms with Crippen molar-refractivity contribution in [1.29, 1.82) is 0 Å². The Kier molecular flexibility index (Phi) is 2.81. The summed E-state index contributed by atoms with van der Waals surface area (Å²) in [6, 6.07) is -0.485. The van der Waals surface area contributed by atoms with Gasteiger partial charge in [-0.1, -0.05) is 0 Å². The van der Waals surface area contributed by atoms with Crippen LogP contribution in [0.2, 0.25) is 0 Å². The van der Waals surface area contributed by atoms with Crippen LogP contribution in [0, 0.1) is 0 Å². The molecule has 5 nitrogen and oxygen atoms in total. The fourth-order valence-electron chi connectivity index (χ4n) is 0.984. The van der Waals surface area contributed by atoms with Crippen molar-refractivity contribution in [1.82, 2.24) is 10.6 Å². The molecule has 64 valence electrons. The Labute approximate surface area is 64.7 Å². The van der Waals surface area contributed by atoms with E-state index in [2.05, 4.69) is 10.6 Å². The molecule has 0 bridgehead atoms. The summed E-state index contributed by atoms with van der Waals surface area (Å²) in [6.07, 6.45) is -0.0643. The SMILES string of the molecule is COC1CNC(C(=O)O)CN1. The molecule has 3 N–H and O–H groups in total. The third kappa shape index (κ3) is 2.14. The molecular formula is C6H12N2O3. The third-order valence-electron chi connectivity index (χ3n) is 1.68. The molecule has 1 fully saturated rings. The highest BCUT2D eigenvalue weighted by Gasteiger charge is 2.23. The lowest BCUT2D eigenvalue weighted by Crippen LogP contribution is -2.57. The molecule has 5 heteroatoms. The lowest BCUT2D eigenvalue weighted by molar-refractivity contribution is -0.140. The van der Waals surface area contributed by atoms with Crippen molar-refractivity contribution in [2.75, 3.05) is 20.2 Å². The molecule has 1 heterocycles. The van der Waals surface area contributed by atoms with Crippen LogP contribution in [0.1, 0.15) is 0 Å². The summed E-state index contributed by atoms with van der Waals surface area (Å²) >= 11 is 0. The summed E-state index contributed by atoms with van der Waals surface area (Å²) in [7, 11) is 1.58. The van der Waals surface area contributed by atoms with Crippen LogP contribution in [0.4, 0.5) is 0 Å². The predicted molar refractivity (Wildman–Crippen MR) is 38.2 cm³/mol. The third-order valence-corrected chi connectivity index (χ3v) is 1.68. The molecule has 0 amide bonds. The Morgan fingerprint density at radius 3 is 2.64 bits per heavy atom. The highest BCUT2D eigenvalue weighted by atomic mass is 16.5. The molecular weight excluding hydrogens is 148 g/mol. The normalized spacial score (nSPS) is 31.7. The van der Waals surface area contributed by atoms with Crippen molar-refractivity contribution >= 4 is 5.97 Å². The molecule has 11 heavy (non-hydrogen) atoms. The Morgan fingerprint density at radius 1 is 1.55 bits per heavy atom.